The van der Waals surface area contributed by atoms with E-state index in [2.05, 4.69) is 22.2 Å². The summed E-state index contributed by atoms with van der Waals surface area (Å²) < 4.78 is 0. The van der Waals surface area contributed by atoms with Crippen LogP contribution in [0.5, 0.6) is 0 Å². The van der Waals surface area contributed by atoms with Gasteiger partial charge in [-0.1, -0.05) is 51.9 Å². The molecule has 0 aliphatic heterocycles. The summed E-state index contributed by atoms with van der Waals surface area (Å²) in [6.07, 6.45) is 12.8. The maximum atomic E-state index is 12.1. The number of thioether (sulfide) groups is 1. The third-order valence-corrected chi connectivity index (χ3v) is 5.82. The van der Waals surface area contributed by atoms with Crippen LogP contribution in [0.25, 0.3) is 6.08 Å². The van der Waals surface area contributed by atoms with Crippen molar-refractivity contribution >= 4 is 23.7 Å². The first kappa shape index (κ1) is 25.2. The summed E-state index contributed by atoms with van der Waals surface area (Å²) in [5, 5.41) is 12.2. The lowest BCUT2D eigenvalue weighted by atomic mass is 10.1. The molecule has 1 atom stereocenters. The Morgan fingerprint density at radius 2 is 1.76 bits per heavy atom. The standard InChI is InChI=1S/C21H35N3O4S/c1-3-4-5-6-7-8-9-10-13-29-15-17(14-25)23-19(26)12-11-18-16(2)22-21(28)24-20(18)27/h11-12,17,25H,3-10,13-15H2,1-2H3,(H,23,26)(H2,22,24,27,28)/b12-11-/t17-/m0/s1. The monoisotopic (exact) mass is 425 g/mol. The molecule has 1 heterocycles. The highest BCUT2D eigenvalue weighted by Gasteiger charge is 2.10. The summed E-state index contributed by atoms with van der Waals surface area (Å²) in [5.41, 5.74) is -0.510. The number of hydrogen-bond acceptors (Lipinski definition) is 5. The van der Waals surface area contributed by atoms with E-state index in [-0.39, 0.29) is 24.1 Å². The predicted octanol–water partition coefficient (Wildman–Crippen LogP) is 2.74. The number of unbranched alkanes of at least 4 members (excludes halogenated alkanes) is 7. The molecular weight excluding hydrogens is 390 g/mol. The number of carbonyl (C=O) groups excluding carboxylic acids is 1. The minimum absolute atomic E-state index is 0.137. The zero-order valence-corrected chi connectivity index (χ0v) is 18.4. The lowest BCUT2D eigenvalue weighted by Crippen LogP contribution is -2.38. The van der Waals surface area contributed by atoms with E-state index in [1.807, 2.05) is 0 Å². The summed E-state index contributed by atoms with van der Waals surface area (Å²) >= 11 is 1.73. The molecule has 8 heteroatoms. The molecule has 0 spiro atoms. The first-order chi connectivity index (χ1) is 14.0. The molecule has 0 unspecified atom stereocenters. The summed E-state index contributed by atoms with van der Waals surface area (Å²) in [5.74, 6) is 1.27. The van der Waals surface area contributed by atoms with Gasteiger partial charge >= 0.3 is 5.69 Å². The SMILES string of the molecule is CCCCCCCCCCSC[C@H](CO)NC(=O)/C=C\c1c(C)[nH]c(=O)[nH]c1=O. The number of nitrogens with one attached hydrogen (secondary N) is 3. The van der Waals surface area contributed by atoms with Crippen molar-refractivity contribution in [2.24, 2.45) is 0 Å². The van der Waals surface area contributed by atoms with Crippen LogP contribution in [0.4, 0.5) is 0 Å². The van der Waals surface area contributed by atoms with Crippen LogP contribution in [0.3, 0.4) is 0 Å². The van der Waals surface area contributed by atoms with Crippen LogP contribution < -0.4 is 16.6 Å². The highest BCUT2D eigenvalue weighted by atomic mass is 32.2. The Kier molecular flexibility index (Phi) is 13.1. The van der Waals surface area contributed by atoms with Crippen molar-refractivity contribution < 1.29 is 9.90 Å². The lowest BCUT2D eigenvalue weighted by Gasteiger charge is -2.14. The van der Waals surface area contributed by atoms with Crippen molar-refractivity contribution in [1.82, 2.24) is 15.3 Å². The third-order valence-electron chi connectivity index (χ3n) is 4.61. The van der Waals surface area contributed by atoms with E-state index in [9.17, 15) is 19.5 Å². The average Bonchev–Trinajstić information content (AvgIpc) is 2.67. The van der Waals surface area contributed by atoms with Gasteiger partial charge in [0.15, 0.2) is 0 Å². The fourth-order valence-electron chi connectivity index (χ4n) is 2.92. The van der Waals surface area contributed by atoms with E-state index in [0.717, 1.165) is 12.2 Å². The van der Waals surface area contributed by atoms with Gasteiger partial charge in [-0.15, -0.1) is 0 Å². The van der Waals surface area contributed by atoms with E-state index in [1.54, 1.807) is 18.7 Å². The molecule has 7 nitrogen and oxygen atoms in total. The van der Waals surface area contributed by atoms with Gasteiger partial charge in [0, 0.05) is 17.5 Å². The molecular formula is C21H35N3O4S. The first-order valence-corrected chi connectivity index (χ1v) is 11.6. The third kappa shape index (κ3) is 11.1. The van der Waals surface area contributed by atoms with Gasteiger partial charge < -0.3 is 15.4 Å². The van der Waals surface area contributed by atoms with Gasteiger partial charge in [0.25, 0.3) is 5.56 Å². The van der Waals surface area contributed by atoms with Crippen molar-refractivity contribution in [2.75, 3.05) is 18.1 Å². The Balaban J connectivity index is 2.27. The number of hydrogen-bond donors (Lipinski definition) is 4. The van der Waals surface area contributed by atoms with Crippen molar-refractivity contribution in [3.05, 3.63) is 38.2 Å². The largest absolute Gasteiger partial charge is 0.394 e. The molecule has 0 radical (unpaired) electrons. The summed E-state index contributed by atoms with van der Waals surface area (Å²) in [4.78, 5) is 39.6. The highest BCUT2D eigenvalue weighted by molar-refractivity contribution is 7.99. The number of aromatic nitrogens is 2. The van der Waals surface area contributed by atoms with E-state index in [1.165, 1.54) is 57.1 Å². The predicted molar refractivity (Wildman–Crippen MR) is 120 cm³/mol. The fraction of sp³-hybridized carbons (Fsp3) is 0.667. The fourth-order valence-corrected chi connectivity index (χ4v) is 3.97. The summed E-state index contributed by atoms with van der Waals surface area (Å²) in [6.45, 7) is 3.68. The second kappa shape index (κ2) is 15.1. The quantitative estimate of drug-likeness (QED) is 0.255. The number of rotatable bonds is 15. The molecule has 0 saturated heterocycles. The van der Waals surface area contributed by atoms with E-state index < -0.39 is 11.2 Å². The molecule has 0 bridgehead atoms. The number of aliphatic hydroxyl groups excluding tert-OH is 1. The number of amides is 1. The maximum absolute atomic E-state index is 12.1. The molecule has 29 heavy (non-hydrogen) atoms. The Morgan fingerprint density at radius 3 is 2.38 bits per heavy atom. The molecule has 0 aliphatic carbocycles. The minimum Gasteiger partial charge on any atom is -0.394 e. The Hall–Kier alpha value is -1.80. The zero-order valence-electron chi connectivity index (χ0n) is 17.6. The minimum atomic E-state index is -0.581. The normalized spacial score (nSPS) is 12.4. The Bertz CT molecular complexity index is 742. The molecule has 1 rings (SSSR count). The molecule has 0 aromatic carbocycles. The molecule has 1 amide bonds. The lowest BCUT2D eigenvalue weighted by molar-refractivity contribution is -0.117. The first-order valence-electron chi connectivity index (χ1n) is 10.5. The van der Waals surface area contributed by atoms with Crippen LogP contribution in [-0.2, 0) is 4.79 Å². The number of aromatic amines is 2. The van der Waals surface area contributed by atoms with Gasteiger partial charge in [-0.2, -0.15) is 11.8 Å². The number of aliphatic hydroxyl groups is 1. The topological polar surface area (TPSA) is 115 Å². The molecule has 1 aromatic rings. The van der Waals surface area contributed by atoms with Gasteiger partial charge in [-0.3, -0.25) is 14.6 Å². The molecule has 1 aromatic heterocycles. The van der Waals surface area contributed by atoms with Crippen LogP contribution in [0.15, 0.2) is 15.7 Å². The molecule has 0 fully saturated rings. The van der Waals surface area contributed by atoms with E-state index in [4.69, 9.17) is 0 Å². The Labute approximate surface area is 176 Å². The van der Waals surface area contributed by atoms with E-state index >= 15 is 0 Å². The van der Waals surface area contributed by atoms with Crippen molar-refractivity contribution in [3.63, 3.8) is 0 Å². The van der Waals surface area contributed by atoms with Gasteiger partial charge in [-0.25, -0.2) is 4.79 Å². The maximum Gasteiger partial charge on any atom is 0.325 e. The van der Waals surface area contributed by atoms with Crippen LogP contribution in [0, 0.1) is 6.92 Å². The van der Waals surface area contributed by atoms with Crippen LogP contribution in [-0.4, -0.2) is 45.1 Å². The number of H-pyrrole nitrogens is 2. The van der Waals surface area contributed by atoms with Crippen LogP contribution in [0.2, 0.25) is 0 Å². The second-order valence-corrected chi connectivity index (χ2v) is 8.37. The number of carbonyl (C=O) groups is 1. The average molecular weight is 426 g/mol. The van der Waals surface area contributed by atoms with Crippen molar-refractivity contribution in [2.45, 2.75) is 71.3 Å². The van der Waals surface area contributed by atoms with Crippen LogP contribution >= 0.6 is 11.8 Å². The van der Waals surface area contributed by atoms with Gasteiger partial charge in [0.1, 0.15) is 0 Å². The zero-order chi connectivity index (χ0) is 21.5. The number of aryl methyl sites for hydroxylation is 1. The highest BCUT2D eigenvalue weighted by Crippen LogP contribution is 2.12. The smallest absolute Gasteiger partial charge is 0.325 e. The summed E-state index contributed by atoms with van der Waals surface area (Å²) in [6, 6.07) is -0.332. The molecule has 0 saturated carbocycles. The van der Waals surface area contributed by atoms with Crippen LogP contribution in [0.1, 0.15) is 69.5 Å². The summed E-state index contributed by atoms with van der Waals surface area (Å²) in [7, 11) is 0. The van der Waals surface area contributed by atoms with Gasteiger partial charge in [0.05, 0.1) is 18.2 Å². The van der Waals surface area contributed by atoms with Gasteiger partial charge in [0.2, 0.25) is 5.91 Å². The molecule has 4 N–H and O–H groups in total. The molecule has 164 valence electrons. The van der Waals surface area contributed by atoms with Crippen molar-refractivity contribution in [3.8, 4) is 0 Å². The second-order valence-electron chi connectivity index (χ2n) is 7.22. The van der Waals surface area contributed by atoms with Crippen molar-refractivity contribution in [1.29, 1.82) is 0 Å². The molecule has 0 aliphatic rings. The van der Waals surface area contributed by atoms with E-state index in [0.29, 0.717) is 11.4 Å². The van der Waals surface area contributed by atoms with Gasteiger partial charge in [-0.05, 0) is 25.2 Å². The Morgan fingerprint density at radius 1 is 1.10 bits per heavy atom.